The maximum absolute atomic E-state index is 10.6. The van der Waals surface area contributed by atoms with E-state index in [4.69, 9.17) is 0 Å². The lowest BCUT2D eigenvalue weighted by Crippen LogP contribution is -2.03. The second-order valence-electron chi connectivity index (χ2n) is 4.93. The topological polar surface area (TPSA) is 55.9 Å². The van der Waals surface area contributed by atoms with Crippen LogP contribution in [0.5, 0.6) is 0 Å². The third-order valence-corrected chi connectivity index (χ3v) is 3.71. The summed E-state index contributed by atoms with van der Waals surface area (Å²) in [6.45, 7) is 6.99. The predicted molar refractivity (Wildman–Crippen MR) is 77.0 cm³/mol. The Morgan fingerprint density at radius 2 is 1.95 bits per heavy atom. The van der Waals surface area contributed by atoms with Crippen molar-refractivity contribution in [3.63, 3.8) is 0 Å². The summed E-state index contributed by atoms with van der Waals surface area (Å²) in [6, 6.07) is 0. The summed E-state index contributed by atoms with van der Waals surface area (Å²) in [4.78, 5) is 0. The van der Waals surface area contributed by atoms with Crippen molar-refractivity contribution in [3.05, 3.63) is 33.8 Å². The molecule has 0 fully saturated rings. The van der Waals surface area contributed by atoms with Crippen LogP contribution in [0.25, 0.3) is 0 Å². The van der Waals surface area contributed by atoms with Crippen LogP contribution in [0.15, 0.2) is 17.0 Å². The largest absolute Gasteiger partial charge is 0.383 e. The Morgan fingerprint density at radius 1 is 1.26 bits per heavy atom. The zero-order valence-electron chi connectivity index (χ0n) is 11.6. The van der Waals surface area contributed by atoms with Crippen LogP contribution in [-0.2, 0) is 13.6 Å². The molecule has 0 aliphatic rings. The lowest BCUT2D eigenvalue weighted by Gasteiger charge is -2.11. The van der Waals surface area contributed by atoms with E-state index in [9.17, 15) is 5.11 Å². The van der Waals surface area contributed by atoms with E-state index in [0.717, 1.165) is 23.4 Å². The van der Waals surface area contributed by atoms with Gasteiger partial charge in [0.15, 0.2) is 0 Å². The maximum Gasteiger partial charge on any atom is 0.134 e. The third-order valence-electron chi connectivity index (χ3n) is 3.09. The highest BCUT2D eigenvalue weighted by atomic mass is 79.9. The molecule has 0 aliphatic carbocycles. The SMILES string of the molecule is CCn1cc(C(O)c2cn(C)nc2Br)c(C(C)C)n1. The molecule has 0 aliphatic heterocycles. The lowest BCUT2D eigenvalue weighted by atomic mass is 9.99. The average molecular weight is 327 g/mol. The molecular weight excluding hydrogens is 308 g/mol. The van der Waals surface area contributed by atoms with Gasteiger partial charge in [0.2, 0.25) is 0 Å². The Kier molecular flexibility index (Phi) is 4.10. The van der Waals surface area contributed by atoms with E-state index in [1.54, 1.807) is 4.68 Å². The molecule has 104 valence electrons. The van der Waals surface area contributed by atoms with E-state index >= 15 is 0 Å². The number of aryl methyl sites for hydroxylation is 2. The number of hydrogen-bond donors (Lipinski definition) is 1. The monoisotopic (exact) mass is 326 g/mol. The number of nitrogens with zero attached hydrogens (tertiary/aromatic N) is 4. The quantitative estimate of drug-likeness (QED) is 0.939. The third kappa shape index (κ3) is 2.74. The van der Waals surface area contributed by atoms with Crippen molar-refractivity contribution in [2.24, 2.45) is 7.05 Å². The van der Waals surface area contributed by atoms with Crippen LogP contribution in [0, 0.1) is 0 Å². The van der Waals surface area contributed by atoms with Crippen LogP contribution in [0.3, 0.4) is 0 Å². The van der Waals surface area contributed by atoms with Crippen molar-refractivity contribution >= 4 is 15.9 Å². The van der Waals surface area contributed by atoms with Crippen LogP contribution in [0.4, 0.5) is 0 Å². The van der Waals surface area contributed by atoms with Gasteiger partial charge < -0.3 is 5.11 Å². The van der Waals surface area contributed by atoms with E-state index in [-0.39, 0.29) is 5.92 Å². The van der Waals surface area contributed by atoms with Gasteiger partial charge in [0.25, 0.3) is 0 Å². The van der Waals surface area contributed by atoms with Crippen molar-refractivity contribution in [2.45, 2.75) is 39.3 Å². The zero-order chi connectivity index (χ0) is 14.2. The van der Waals surface area contributed by atoms with Gasteiger partial charge in [0.05, 0.1) is 5.69 Å². The molecule has 6 heteroatoms. The highest BCUT2D eigenvalue weighted by Gasteiger charge is 2.23. The zero-order valence-corrected chi connectivity index (χ0v) is 13.2. The molecule has 19 heavy (non-hydrogen) atoms. The van der Waals surface area contributed by atoms with Gasteiger partial charge in [-0.25, -0.2) is 0 Å². The Bertz CT molecular complexity index is 573. The first-order valence-corrected chi connectivity index (χ1v) is 7.17. The van der Waals surface area contributed by atoms with Gasteiger partial charge in [0, 0.05) is 37.1 Å². The fourth-order valence-electron chi connectivity index (χ4n) is 2.10. The minimum Gasteiger partial charge on any atom is -0.383 e. The molecule has 2 heterocycles. The van der Waals surface area contributed by atoms with Gasteiger partial charge in [-0.05, 0) is 28.8 Å². The number of rotatable bonds is 4. The minimum atomic E-state index is -0.708. The number of aliphatic hydroxyl groups excluding tert-OH is 1. The lowest BCUT2D eigenvalue weighted by molar-refractivity contribution is 0.218. The normalized spacial score (nSPS) is 13.2. The summed E-state index contributed by atoms with van der Waals surface area (Å²) in [7, 11) is 1.83. The van der Waals surface area contributed by atoms with Crippen molar-refractivity contribution in [1.82, 2.24) is 19.6 Å². The molecular formula is C13H19BrN4O. The standard InChI is InChI=1S/C13H19BrN4O/c1-5-18-7-9(11(15-18)8(2)3)12(19)10-6-17(4)16-13(10)14/h6-8,12,19H,5H2,1-4H3. The van der Waals surface area contributed by atoms with E-state index in [1.807, 2.05) is 31.0 Å². The Hall–Kier alpha value is -1.14. The summed E-state index contributed by atoms with van der Waals surface area (Å²) in [5, 5.41) is 19.3. The molecule has 0 aromatic carbocycles. The van der Waals surface area contributed by atoms with Gasteiger partial charge in [-0.2, -0.15) is 10.2 Å². The fourth-order valence-corrected chi connectivity index (χ4v) is 2.67. The summed E-state index contributed by atoms with van der Waals surface area (Å²) in [6.07, 6.45) is 3.03. The number of aliphatic hydroxyl groups is 1. The van der Waals surface area contributed by atoms with Gasteiger partial charge in [-0.15, -0.1) is 0 Å². The first-order valence-electron chi connectivity index (χ1n) is 6.38. The molecule has 2 rings (SSSR count). The highest BCUT2D eigenvalue weighted by molar-refractivity contribution is 9.10. The number of hydrogen-bond acceptors (Lipinski definition) is 3. The van der Waals surface area contributed by atoms with E-state index in [0.29, 0.717) is 4.60 Å². The van der Waals surface area contributed by atoms with E-state index in [1.165, 1.54) is 0 Å². The van der Waals surface area contributed by atoms with Crippen molar-refractivity contribution in [3.8, 4) is 0 Å². The van der Waals surface area contributed by atoms with Crippen LogP contribution in [0.2, 0.25) is 0 Å². The Balaban J connectivity index is 2.45. The molecule has 2 aromatic heterocycles. The molecule has 1 N–H and O–H groups in total. The van der Waals surface area contributed by atoms with Crippen molar-refractivity contribution < 1.29 is 5.11 Å². The van der Waals surface area contributed by atoms with Gasteiger partial charge in [-0.3, -0.25) is 9.36 Å². The molecule has 0 saturated carbocycles. The first kappa shape index (κ1) is 14.3. The summed E-state index contributed by atoms with van der Waals surface area (Å²) in [5.41, 5.74) is 2.55. The van der Waals surface area contributed by atoms with E-state index in [2.05, 4.69) is 40.0 Å². The minimum absolute atomic E-state index is 0.271. The molecule has 0 spiro atoms. The fraction of sp³-hybridized carbons (Fsp3) is 0.538. The predicted octanol–water partition coefficient (Wildman–Crippen LogP) is 2.60. The summed E-state index contributed by atoms with van der Waals surface area (Å²) < 4.78 is 4.21. The summed E-state index contributed by atoms with van der Waals surface area (Å²) in [5.74, 6) is 0.271. The van der Waals surface area contributed by atoms with Crippen molar-refractivity contribution in [1.29, 1.82) is 0 Å². The number of aromatic nitrogens is 4. The summed E-state index contributed by atoms with van der Waals surface area (Å²) >= 11 is 3.38. The first-order chi connectivity index (χ1) is 8.93. The van der Waals surface area contributed by atoms with E-state index < -0.39 is 6.10 Å². The van der Waals surface area contributed by atoms with Crippen molar-refractivity contribution in [2.75, 3.05) is 0 Å². The molecule has 5 nitrogen and oxygen atoms in total. The number of halogens is 1. The molecule has 0 saturated heterocycles. The molecule has 0 bridgehead atoms. The maximum atomic E-state index is 10.6. The highest BCUT2D eigenvalue weighted by Crippen LogP contribution is 2.31. The molecule has 2 aromatic rings. The second-order valence-corrected chi connectivity index (χ2v) is 5.68. The van der Waals surface area contributed by atoms with Gasteiger partial charge in [0.1, 0.15) is 10.7 Å². The Labute approximate surface area is 121 Å². The van der Waals surface area contributed by atoms with Gasteiger partial charge >= 0.3 is 0 Å². The van der Waals surface area contributed by atoms with Crippen LogP contribution < -0.4 is 0 Å². The van der Waals surface area contributed by atoms with Crippen LogP contribution in [0.1, 0.15) is 49.6 Å². The van der Waals surface area contributed by atoms with Gasteiger partial charge in [-0.1, -0.05) is 13.8 Å². The second kappa shape index (κ2) is 5.46. The molecule has 0 amide bonds. The Morgan fingerprint density at radius 3 is 2.42 bits per heavy atom. The smallest absolute Gasteiger partial charge is 0.134 e. The molecule has 0 radical (unpaired) electrons. The molecule has 1 atom stereocenters. The van der Waals surface area contributed by atoms with Crippen LogP contribution in [-0.4, -0.2) is 24.7 Å². The average Bonchev–Trinajstić information content (AvgIpc) is 2.91. The van der Waals surface area contributed by atoms with Crippen LogP contribution >= 0.6 is 15.9 Å². The molecule has 1 unspecified atom stereocenters.